The molecule has 3 aliphatic rings. The summed E-state index contributed by atoms with van der Waals surface area (Å²) >= 11 is 0. The SMILES string of the molecule is O=C(O)OC1[C@@H]2[C@@H]3CC[C@@H](C3)[C@H]12. The second kappa shape index (κ2) is 1.95. The van der Waals surface area contributed by atoms with Gasteiger partial charge in [-0.1, -0.05) is 0 Å². The number of rotatable bonds is 1. The lowest BCUT2D eigenvalue weighted by molar-refractivity contribution is 0.0697. The van der Waals surface area contributed by atoms with Gasteiger partial charge in [0.25, 0.3) is 0 Å². The molecule has 0 aromatic rings. The molecule has 12 heavy (non-hydrogen) atoms. The van der Waals surface area contributed by atoms with Crippen molar-refractivity contribution in [3.63, 3.8) is 0 Å². The highest BCUT2D eigenvalue weighted by Crippen LogP contribution is 2.66. The van der Waals surface area contributed by atoms with Crippen LogP contribution >= 0.6 is 0 Å². The van der Waals surface area contributed by atoms with Crippen molar-refractivity contribution in [2.24, 2.45) is 23.7 Å². The molecule has 3 heteroatoms. The third-order valence-electron chi connectivity index (χ3n) is 3.90. The molecular formula is C9H12O3. The smallest absolute Gasteiger partial charge is 0.450 e. The molecule has 3 saturated carbocycles. The molecule has 0 aliphatic heterocycles. The second-order valence-electron chi connectivity index (χ2n) is 4.34. The van der Waals surface area contributed by atoms with Gasteiger partial charge in [0.2, 0.25) is 0 Å². The monoisotopic (exact) mass is 168 g/mol. The van der Waals surface area contributed by atoms with Gasteiger partial charge in [-0.25, -0.2) is 4.79 Å². The molecule has 1 N–H and O–H groups in total. The maximum atomic E-state index is 10.3. The van der Waals surface area contributed by atoms with Crippen molar-refractivity contribution < 1.29 is 14.6 Å². The summed E-state index contributed by atoms with van der Waals surface area (Å²) in [5.41, 5.74) is 0. The van der Waals surface area contributed by atoms with Gasteiger partial charge in [-0.3, -0.25) is 0 Å². The number of hydrogen-bond acceptors (Lipinski definition) is 2. The summed E-state index contributed by atoms with van der Waals surface area (Å²) in [6.07, 6.45) is 2.95. The maximum Gasteiger partial charge on any atom is 0.506 e. The predicted octanol–water partition coefficient (Wildman–Crippen LogP) is 1.73. The van der Waals surface area contributed by atoms with Crippen LogP contribution in [-0.4, -0.2) is 17.4 Å². The van der Waals surface area contributed by atoms with Crippen molar-refractivity contribution in [2.45, 2.75) is 25.4 Å². The summed E-state index contributed by atoms with van der Waals surface area (Å²) in [5, 5.41) is 8.45. The lowest BCUT2D eigenvalue weighted by Crippen LogP contribution is -2.10. The third-order valence-corrected chi connectivity index (χ3v) is 3.90. The topological polar surface area (TPSA) is 46.5 Å². The van der Waals surface area contributed by atoms with Crippen molar-refractivity contribution in [2.75, 3.05) is 0 Å². The highest BCUT2D eigenvalue weighted by Gasteiger charge is 2.67. The van der Waals surface area contributed by atoms with Gasteiger partial charge in [0, 0.05) is 11.8 Å². The van der Waals surface area contributed by atoms with E-state index in [0.717, 1.165) is 11.8 Å². The first kappa shape index (κ1) is 6.75. The molecule has 3 fully saturated rings. The Bertz CT molecular complexity index is 222. The Morgan fingerprint density at radius 2 is 1.83 bits per heavy atom. The molecule has 5 atom stereocenters. The summed E-state index contributed by atoms with van der Waals surface area (Å²) in [5.74, 6) is 2.81. The van der Waals surface area contributed by atoms with E-state index in [-0.39, 0.29) is 6.10 Å². The fraction of sp³-hybridized carbons (Fsp3) is 0.889. The van der Waals surface area contributed by atoms with E-state index in [1.54, 1.807) is 0 Å². The molecule has 3 rings (SSSR count). The Morgan fingerprint density at radius 3 is 2.33 bits per heavy atom. The van der Waals surface area contributed by atoms with E-state index >= 15 is 0 Å². The molecule has 66 valence electrons. The zero-order valence-electron chi connectivity index (χ0n) is 6.77. The van der Waals surface area contributed by atoms with Crippen molar-refractivity contribution in [1.82, 2.24) is 0 Å². The number of fused-ring (bicyclic) bond motifs is 5. The minimum absolute atomic E-state index is 0.0775. The zero-order chi connectivity index (χ0) is 8.29. The Labute approximate surface area is 70.7 Å². The van der Waals surface area contributed by atoms with Gasteiger partial charge in [-0.2, -0.15) is 0 Å². The molecule has 1 unspecified atom stereocenters. The fourth-order valence-electron chi connectivity index (χ4n) is 3.52. The van der Waals surface area contributed by atoms with Gasteiger partial charge in [-0.05, 0) is 31.1 Å². The molecule has 0 heterocycles. The minimum atomic E-state index is -1.09. The van der Waals surface area contributed by atoms with E-state index in [4.69, 9.17) is 9.84 Å². The van der Waals surface area contributed by atoms with Crippen LogP contribution in [0.1, 0.15) is 19.3 Å². The van der Waals surface area contributed by atoms with Crippen molar-refractivity contribution >= 4 is 6.16 Å². The number of carbonyl (C=O) groups is 1. The normalized spacial score (nSPS) is 53.5. The summed E-state index contributed by atoms with van der Waals surface area (Å²) < 4.78 is 4.83. The van der Waals surface area contributed by atoms with Gasteiger partial charge >= 0.3 is 6.16 Å². The lowest BCUT2D eigenvalue weighted by atomic mass is 10.0. The number of carboxylic acid groups (broad SMARTS) is 1. The maximum absolute atomic E-state index is 10.3. The highest BCUT2D eigenvalue weighted by molar-refractivity contribution is 5.57. The van der Waals surface area contributed by atoms with Crippen LogP contribution in [0.3, 0.4) is 0 Å². The van der Waals surface area contributed by atoms with Crippen LogP contribution in [0.4, 0.5) is 4.79 Å². The average Bonchev–Trinajstić information content (AvgIpc) is 2.43. The molecule has 3 nitrogen and oxygen atoms in total. The average molecular weight is 168 g/mol. The van der Waals surface area contributed by atoms with Crippen LogP contribution in [0.15, 0.2) is 0 Å². The lowest BCUT2D eigenvalue weighted by Gasteiger charge is -2.06. The van der Waals surface area contributed by atoms with Gasteiger partial charge < -0.3 is 9.84 Å². The largest absolute Gasteiger partial charge is 0.506 e. The van der Waals surface area contributed by atoms with Crippen LogP contribution in [0, 0.1) is 23.7 Å². The summed E-state index contributed by atoms with van der Waals surface area (Å²) in [4.78, 5) is 10.3. The third kappa shape index (κ3) is 0.692. The van der Waals surface area contributed by atoms with Crippen LogP contribution < -0.4 is 0 Å². The standard InChI is InChI=1S/C9H12O3/c10-9(11)12-8-6-4-1-2-5(3-4)7(6)8/h4-8H,1-3H2,(H,10,11)/t4-,5+,6-,7+,8?. The summed E-state index contributed by atoms with van der Waals surface area (Å²) in [6.45, 7) is 0. The predicted molar refractivity (Wildman–Crippen MR) is 40.7 cm³/mol. The second-order valence-corrected chi connectivity index (χ2v) is 4.34. The summed E-state index contributed by atoms with van der Waals surface area (Å²) in [6, 6.07) is 0. The van der Waals surface area contributed by atoms with E-state index < -0.39 is 6.16 Å². The first-order valence-corrected chi connectivity index (χ1v) is 4.67. The molecule has 3 aliphatic carbocycles. The van der Waals surface area contributed by atoms with Gasteiger partial charge in [0.15, 0.2) is 0 Å². The van der Waals surface area contributed by atoms with E-state index in [0.29, 0.717) is 11.8 Å². The molecule has 2 bridgehead atoms. The fourth-order valence-corrected chi connectivity index (χ4v) is 3.52. The van der Waals surface area contributed by atoms with Crippen LogP contribution in [-0.2, 0) is 4.74 Å². The minimum Gasteiger partial charge on any atom is -0.450 e. The van der Waals surface area contributed by atoms with E-state index in [1.165, 1.54) is 19.3 Å². The van der Waals surface area contributed by atoms with Crippen molar-refractivity contribution in [1.29, 1.82) is 0 Å². The molecule has 0 spiro atoms. The molecular weight excluding hydrogens is 156 g/mol. The first-order valence-electron chi connectivity index (χ1n) is 4.67. The molecule has 0 amide bonds. The molecule has 0 aromatic heterocycles. The Kier molecular flexibility index (Phi) is 1.10. The van der Waals surface area contributed by atoms with Gasteiger partial charge in [-0.15, -0.1) is 0 Å². The molecule has 0 saturated heterocycles. The number of ether oxygens (including phenoxy) is 1. The van der Waals surface area contributed by atoms with Crippen molar-refractivity contribution in [3.8, 4) is 0 Å². The van der Waals surface area contributed by atoms with E-state index in [2.05, 4.69) is 0 Å². The quantitative estimate of drug-likeness (QED) is 0.606. The Balaban J connectivity index is 1.71. The van der Waals surface area contributed by atoms with E-state index in [1.807, 2.05) is 0 Å². The van der Waals surface area contributed by atoms with Crippen LogP contribution in [0.5, 0.6) is 0 Å². The Morgan fingerprint density at radius 1 is 1.25 bits per heavy atom. The summed E-state index contributed by atoms with van der Waals surface area (Å²) in [7, 11) is 0. The van der Waals surface area contributed by atoms with Crippen LogP contribution in [0.2, 0.25) is 0 Å². The first-order chi connectivity index (χ1) is 5.77. The molecule has 0 radical (unpaired) electrons. The zero-order valence-corrected chi connectivity index (χ0v) is 6.77. The van der Waals surface area contributed by atoms with Crippen LogP contribution in [0.25, 0.3) is 0 Å². The Hall–Kier alpha value is -0.730. The van der Waals surface area contributed by atoms with Gasteiger partial charge in [0.1, 0.15) is 6.10 Å². The number of hydrogen-bond donors (Lipinski definition) is 1. The molecule has 0 aromatic carbocycles. The van der Waals surface area contributed by atoms with E-state index in [9.17, 15) is 4.79 Å². The van der Waals surface area contributed by atoms with Crippen molar-refractivity contribution in [3.05, 3.63) is 0 Å². The highest BCUT2D eigenvalue weighted by atomic mass is 16.7. The van der Waals surface area contributed by atoms with Gasteiger partial charge in [0.05, 0.1) is 0 Å².